The zero-order valence-corrected chi connectivity index (χ0v) is 11.5. The van der Waals surface area contributed by atoms with E-state index < -0.39 is 0 Å². The molecule has 18 heavy (non-hydrogen) atoms. The molecule has 0 radical (unpaired) electrons. The summed E-state index contributed by atoms with van der Waals surface area (Å²) >= 11 is 11.4. The van der Waals surface area contributed by atoms with Crippen molar-refractivity contribution < 1.29 is 4.79 Å². The quantitative estimate of drug-likeness (QED) is 0.844. The van der Waals surface area contributed by atoms with Crippen LogP contribution in [0.15, 0.2) is 30.3 Å². The maximum Gasteiger partial charge on any atom is 0.235 e. The van der Waals surface area contributed by atoms with Crippen LogP contribution in [0.3, 0.4) is 0 Å². The first kappa shape index (κ1) is 13.4. The van der Waals surface area contributed by atoms with E-state index >= 15 is 0 Å². The zero-order chi connectivity index (χ0) is 13.0. The van der Waals surface area contributed by atoms with E-state index in [0.717, 1.165) is 24.3 Å². The van der Waals surface area contributed by atoms with Gasteiger partial charge in [0.2, 0.25) is 5.91 Å². The second-order valence-corrected chi connectivity index (χ2v) is 5.10. The number of allylic oxidation sites excluding steroid dienone is 1. The highest BCUT2D eigenvalue weighted by Crippen LogP contribution is 2.27. The van der Waals surface area contributed by atoms with E-state index in [1.54, 1.807) is 0 Å². The van der Waals surface area contributed by atoms with Crippen molar-refractivity contribution in [3.05, 3.63) is 40.9 Å². The third-order valence-corrected chi connectivity index (χ3v) is 3.54. The Balaban J connectivity index is 2.12. The minimum Gasteiger partial charge on any atom is -0.349 e. The van der Waals surface area contributed by atoms with Gasteiger partial charge in [0, 0.05) is 11.1 Å². The van der Waals surface area contributed by atoms with Crippen molar-refractivity contribution in [3.8, 4) is 0 Å². The van der Waals surface area contributed by atoms with Crippen molar-refractivity contribution in [2.75, 3.05) is 5.88 Å². The highest BCUT2D eigenvalue weighted by Gasteiger charge is 2.16. The molecule has 0 aromatic heterocycles. The normalized spacial score (nSPS) is 19.2. The van der Waals surface area contributed by atoms with Gasteiger partial charge in [-0.1, -0.05) is 29.8 Å². The van der Waals surface area contributed by atoms with Crippen molar-refractivity contribution in [1.29, 1.82) is 0 Å². The first-order valence-electron chi connectivity index (χ1n) is 6.01. The van der Waals surface area contributed by atoms with Gasteiger partial charge in [-0.3, -0.25) is 4.79 Å². The first-order valence-corrected chi connectivity index (χ1v) is 6.92. The molecule has 1 N–H and O–H groups in total. The van der Waals surface area contributed by atoms with Gasteiger partial charge in [0.05, 0.1) is 0 Å². The van der Waals surface area contributed by atoms with Gasteiger partial charge in [0.25, 0.3) is 0 Å². The molecule has 0 fully saturated rings. The average molecular weight is 284 g/mol. The number of nitrogens with one attached hydrogen (secondary N) is 1. The lowest BCUT2D eigenvalue weighted by Gasteiger charge is -2.22. The second kappa shape index (κ2) is 6.26. The van der Waals surface area contributed by atoms with Crippen molar-refractivity contribution in [1.82, 2.24) is 5.32 Å². The van der Waals surface area contributed by atoms with Crippen LogP contribution < -0.4 is 5.32 Å². The predicted molar refractivity (Wildman–Crippen MR) is 75.9 cm³/mol. The molecular formula is C14H15Cl2NO. The monoisotopic (exact) mass is 283 g/mol. The Morgan fingerprint density at radius 3 is 2.72 bits per heavy atom. The number of halogens is 2. The van der Waals surface area contributed by atoms with Gasteiger partial charge < -0.3 is 5.32 Å². The van der Waals surface area contributed by atoms with Crippen molar-refractivity contribution >= 4 is 34.7 Å². The van der Waals surface area contributed by atoms with Crippen LogP contribution in [0.25, 0.3) is 5.57 Å². The van der Waals surface area contributed by atoms with Crippen LogP contribution in [-0.2, 0) is 4.79 Å². The Bertz CT molecular complexity index is 453. The van der Waals surface area contributed by atoms with Gasteiger partial charge in [-0.05, 0) is 42.5 Å². The lowest BCUT2D eigenvalue weighted by molar-refractivity contribution is -0.119. The van der Waals surface area contributed by atoms with E-state index in [-0.39, 0.29) is 17.8 Å². The summed E-state index contributed by atoms with van der Waals surface area (Å²) in [6, 6.07) is 7.90. The number of carbonyl (C=O) groups is 1. The first-order chi connectivity index (χ1) is 8.69. The molecule has 1 aromatic rings. The molecule has 2 nitrogen and oxygen atoms in total. The van der Waals surface area contributed by atoms with Crippen LogP contribution in [0.4, 0.5) is 0 Å². The molecule has 1 aliphatic carbocycles. The maximum absolute atomic E-state index is 11.3. The molecule has 1 atom stereocenters. The Morgan fingerprint density at radius 1 is 1.33 bits per heavy atom. The topological polar surface area (TPSA) is 29.1 Å². The van der Waals surface area contributed by atoms with Gasteiger partial charge in [0.1, 0.15) is 5.88 Å². The van der Waals surface area contributed by atoms with Crippen LogP contribution in [-0.4, -0.2) is 17.8 Å². The number of amides is 1. The molecule has 0 heterocycles. The minimum absolute atomic E-state index is 0.0145. The average Bonchev–Trinajstić information content (AvgIpc) is 2.40. The lowest BCUT2D eigenvalue weighted by Crippen LogP contribution is -2.35. The third-order valence-electron chi connectivity index (χ3n) is 3.05. The number of hydrogen-bond donors (Lipinski definition) is 1. The van der Waals surface area contributed by atoms with Crippen LogP contribution in [0.1, 0.15) is 24.8 Å². The van der Waals surface area contributed by atoms with Gasteiger partial charge >= 0.3 is 0 Å². The molecule has 1 amide bonds. The summed E-state index contributed by atoms with van der Waals surface area (Å²) in [6.07, 6.45) is 5.20. The number of benzene rings is 1. The molecule has 0 aliphatic heterocycles. The summed E-state index contributed by atoms with van der Waals surface area (Å²) in [5.74, 6) is -0.101. The third kappa shape index (κ3) is 3.50. The second-order valence-electron chi connectivity index (χ2n) is 4.40. The van der Waals surface area contributed by atoms with Crippen molar-refractivity contribution in [3.63, 3.8) is 0 Å². The lowest BCUT2D eigenvalue weighted by atomic mass is 9.91. The minimum atomic E-state index is -0.115. The maximum atomic E-state index is 11.3. The summed E-state index contributed by atoms with van der Waals surface area (Å²) in [7, 11) is 0. The summed E-state index contributed by atoms with van der Waals surface area (Å²) in [6.45, 7) is 0. The Kier molecular flexibility index (Phi) is 4.67. The van der Waals surface area contributed by atoms with Crippen LogP contribution in [0.5, 0.6) is 0 Å². The molecule has 0 saturated heterocycles. The number of alkyl halides is 1. The predicted octanol–water partition coefficient (Wildman–Crippen LogP) is 3.63. The molecule has 96 valence electrons. The Hall–Kier alpha value is -0.990. The van der Waals surface area contributed by atoms with Crippen molar-refractivity contribution in [2.24, 2.45) is 0 Å². The zero-order valence-electron chi connectivity index (χ0n) is 9.96. The van der Waals surface area contributed by atoms with E-state index in [9.17, 15) is 4.79 Å². The SMILES string of the molecule is O=C(CCl)NC1C=C(c2ccc(Cl)cc2)CCC1. The van der Waals surface area contributed by atoms with Gasteiger partial charge in [-0.25, -0.2) is 0 Å². The smallest absolute Gasteiger partial charge is 0.235 e. The van der Waals surface area contributed by atoms with E-state index in [1.807, 2.05) is 24.3 Å². The van der Waals surface area contributed by atoms with Crippen LogP contribution in [0, 0.1) is 0 Å². The summed E-state index contributed by atoms with van der Waals surface area (Å²) in [4.78, 5) is 11.3. The number of carbonyl (C=O) groups excluding carboxylic acids is 1. The van der Waals surface area contributed by atoms with E-state index in [1.165, 1.54) is 11.1 Å². The van der Waals surface area contributed by atoms with E-state index in [0.29, 0.717) is 0 Å². The van der Waals surface area contributed by atoms with Crippen LogP contribution >= 0.6 is 23.2 Å². The fraction of sp³-hybridized carbons (Fsp3) is 0.357. The van der Waals surface area contributed by atoms with Gasteiger partial charge in [0.15, 0.2) is 0 Å². The fourth-order valence-corrected chi connectivity index (χ4v) is 2.39. The van der Waals surface area contributed by atoms with E-state index in [2.05, 4.69) is 11.4 Å². The highest BCUT2D eigenvalue weighted by atomic mass is 35.5. The standard InChI is InChI=1S/C14H15Cl2NO/c15-9-14(18)17-13-3-1-2-11(8-13)10-4-6-12(16)7-5-10/h4-8,13H,1-3,9H2,(H,17,18). The Morgan fingerprint density at radius 2 is 2.06 bits per heavy atom. The molecule has 2 rings (SSSR count). The molecule has 1 unspecified atom stereocenters. The largest absolute Gasteiger partial charge is 0.349 e. The molecule has 0 spiro atoms. The number of hydrogen-bond acceptors (Lipinski definition) is 1. The molecule has 1 aliphatic rings. The molecule has 4 heteroatoms. The summed E-state index contributed by atoms with van der Waals surface area (Å²) < 4.78 is 0. The Labute approximate surface area is 117 Å². The molecular weight excluding hydrogens is 269 g/mol. The van der Waals surface area contributed by atoms with Crippen molar-refractivity contribution in [2.45, 2.75) is 25.3 Å². The molecule has 0 saturated carbocycles. The summed E-state index contributed by atoms with van der Waals surface area (Å²) in [5, 5.41) is 3.64. The number of rotatable bonds is 3. The van der Waals surface area contributed by atoms with Gasteiger partial charge in [-0.15, -0.1) is 11.6 Å². The summed E-state index contributed by atoms with van der Waals surface area (Å²) in [5.41, 5.74) is 2.43. The van der Waals surface area contributed by atoms with Gasteiger partial charge in [-0.2, -0.15) is 0 Å². The van der Waals surface area contributed by atoms with Crippen LogP contribution in [0.2, 0.25) is 5.02 Å². The fourth-order valence-electron chi connectivity index (χ4n) is 2.19. The molecule has 0 bridgehead atoms. The molecule has 1 aromatic carbocycles. The van der Waals surface area contributed by atoms with E-state index in [4.69, 9.17) is 23.2 Å². The highest BCUT2D eigenvalue weighted by molar-refractivity contribution is 6.30.